The highest BCUT2D eigenvalue weighted by Gasteiger charge is 2.06. The molecule has 1 aromatic heterocycles. The number of rotatable bonds is 4. The van der Waals surface area contributed by atoms with E-state index in [-0.39, 0.29) is 0 Å². The van der Waals surface area contributed by atoms with Crippen LogP contribution in [0.4, 0.5) is 5.82 Å². The number of anilines is 1. The predicted octanol–water partition coefficient (Wildman–Crippen LogP) is 3.68. The van der Waals surface area contributed by atoms with E-state index in [4.69, 9.17) is 0 Å². The van der Waals surface area contributed by atoms with Crippen LogP contribution in [0.15, 0.2) is 21.7 Å². The minimum atomic E-state index is 0.315. The number of hydrogen-bond acceptors (Lipinski definition) is 3. The van der Waals surface area contributed by atoms with Gasteiger partial charge in [0.25, 0.3) is 0 Å². The maximum Gasteiger partial charge on any atom is 0.134 e. The molecule has 0 fully saturated rings. The van der Waals surface area contributed by atoms with Crippen molar-refractivity contribution in [2.24, 2.45) is 0 Å². The maximum atomic E-state index is 4.39. The highest BCUT2D eigenvalue weighted by atomic mass is 79.9. The molecule has 0 amide bonds. The van der Waals surface area contributed by atoms with Gasteiger partial charge in [-0.2, -0.15) is 0 Å². The topological polar surface area (TPSA) is 37.8 Å². The van der Waals surface area contributed by atoms with Crippen LogP contribution in [0.25, 0.3) is 0 Å². The van der Waals surface area contributed by atoms with Crippen LogP contribution in [-0.2, 0) is 0 Å². The largest absolute Gasteiger partial charge is 0.365 e. The smallest absolute Gasteiger partial charge is 0.134 e. The monoisotopic (exact) mass is 333 g/mol. The number of hydrogen-bond donors (Lipinski definition) is 1. The molecule has 3 nitrogen and oxygen atoms in total. The van der Waals surface area contributed by atoms with Crippen LogP contribution in [0.3, 0.4) is 0 Å². The van der Waals surface area contributed by atoms with Crippen LogP contribution < -0.4 is 5.32 Å². The van der Waals surface area contributed by atoms with Crippen molar-refractivity contribution in [2.45, 2.75) is 19.8 Å². The first kappa shape index (κ1) is 12.6. The van der Waals surface area contributed by atoms with Crippen LogP contribution in [0.2, 0.25) is 0 Å². The summed E-state index contributed by atoms with van der Waals surface area (Å²) in [6, 6.07) is 1.85. The Bertz CT molecular complexity index is 364. The summed E-state index contributed by atoms with van der Waals surface area (Å²) in [5.41, 5.74) is 0. The van der Waals surface area contributed by atoms with Gasteiger partial charge in [-0.25, -0.2) is 9.97 Å². The summed E-state index contributed by atoms with van der Waals surface area (Å²) in [6.45, 7) is 8.53. The molecular formula is C10H13Br2N3. The molecule has 0 spiro atoms. The molecule has 15 heavy (non-hydrogen) atoms. The minimum Gasteiger partial charge on any atom is -0.365 e. The molecule has 0 bridgehead atoms. The summed E-state index contributed by atoms with van der Waals surface area (Å²) < 4.78 is 1.69. The third-order valence-electron chi connectivity index (χ3n) is 1.69. The Morgan fingerprint density at radius 1 is 1.53 bits per heavy atom. The first-order valence-electron chi connectivity index (χ1n) is 4.60. The molecule has 1 N–H and O–H groups in total. The molecular weight excluding hydrogens is 322 g/mol. The number of halogens is 2. The maximum absolute atomic E-state index is 4.39. The lowest BCUT2D eigenvalue weighted by atomic mass is 10.2. The molecule has 5 heteroatoms. The lowest BCUT2D eigenvalue weighted by Crippen LogP contribution is -2.06. The molecule has 82 valence electrons. The summed E-state index contributed by atoms with van der Waals surface area (Å²) in [5.74, 6) is 1.95. The number of nitrogens with one attached hydrogen (secondary N) is 1. The molecule has 0 atom stereocenters. The molecule has 1 heterocycles. The summed E-state index contributed by atoms with van der Waals surface area (Å²) in [7, 11) is 0. The van der Waals surface area contributed by atoms with Gasteiger partial charge in [0.1, 0.15) is 16.2 Å². The van der Waals surface area contributed by atoms with Gasteiger partial charge in [0.15, 0.2) is 0 Å². The van der Waals surface area contributed by atoms with Gasteiger partial charge in [0.2, 0.25) is 0 Å². The summed E-state index contributed by atoms with van der Waals surface area (Å²) in [6.07, 6.45) is 0. The minimum absolute atomic E-state index is 0.315. The van der Waals surface area contributed by atoms with Crippen LogP contribution in [0, 0.1) is 0 Å². The Labute approximate surface area is 107 Å². The molecule has 0 aliphatic carbocycles. The first-order chi connectivity index (χ1) is 6.99. The molecule has 0 aliphatic heterocycles. The highest BCUT2D eigenvalue weighted by Crippen LogP contribution is 2.17. The fourth-order valence-electron chi connectivity index (χ4n) is 0.970. The zero-order valence-corrected chi connectivity index (χ0v) is 11.9. The summed E-state index contributed by atoms with van der Waals surface area (Å²) >= 11 is 6.65. The van der Waals surface area contributed by atoms with Gasteiger partial charge in [-0.1, -0.05) is 36.4 Å². The average Bonchev–Trinajstić information content (AvgIpc) is 2.13. The quantitative estimate of drug-likeness (QED) is 0.853. The Morgan fingerprint density at radius 2 is 2.20 bits per heavy atom. The van der Waals surface area contributed by atoms with Gasteiger partial charge in [-0.05, 0) is 15.9 Å². The zero-order valence-electron chi connectivity index (χ0n) is 8.72. The van der Waals surface area contributed by atoms with Crippen molar-refractivity contribution < 1.29 is 0 Å². The molecule has 1 rings (SSSR count). The van der Waals surface area contributed by atoms with Crippen LogP contribution in [0.1, 0.15) is 25.6 Å². The highest BCUT2D eigenvalue weighted by molar-refractivity contribution is 9.11. The number of aromatic nitrogens is 2. The number of nitrogens with zero attached hydrogens (tertiary/aromatic N) is 2. The third-order valence-corrected chi connectivity index (χ3v) is 2.38. The van der Waals surface area contributed by atoms with E-state index in [0.717, 1.165) is 20.7 Å². The lowest BCUT2D eigenvalue weighted by Gasteiger charge is -2.08. The second kappa shape index (κ2) is 5.61. The Hall–Kier alpha value is -0.420. The second-order valence-electron chi connectivity index (χ2n) is 3.46. The van der Waals surface area contributed by atoms with Crippen LogP contribution >= 0.6 is 31.9 Å². The van der Waals surface area contributed by atoms with E-state index >= 15 is 0 Å². The molecule has 0 aromatic carbocycles. The van der Waals surface area contributed by atoms with Gasteiger partial charge in [-0.3, -0.25) is 0 Å². The van der Waals surface area contributed by atoms with Crippen molar-refractivity contribution in [3.05, 3.63) is 27.6 Å². The van der Waals surface area contributed by atoms with E-state index in [1.807, 2.05) is 6.07 Å². The van der Waals surface area contributed by atoms with Crippen molar-refractivity contribution in [3.8, 4) is 0 Å². The average molecular weight is 335 g/mol. The molecule has 0 unspecified atom stereocenters. The summed E-state index contributed by atoms with van der Waals surface area (Å²) in [4.78, 5) is 8.68. The van der Waals surface area contributed by atoms with E-state index in [1.165, 1.54) is 0 Å². The Balaban J connectivity index is 2.84. The van der Waals surface area contributed by atoms with Gasteiger partial charge in [-0.15, -0.1) is 0 Å². The second-order valence-corrected chi connectivity index (χ2v) is 5.39. The predicted molar refractivity (Wildman–Crippen MR) is 70.4 cm³/mol. The van der Waals surface area contributed by atoms with Crippen molar-refractivity contribution in [1.29, 1.82) is 0 Å². The molecule has 1 aromatic rings. The van der Waals surface area contributed by atoms with Gasteiger partial charge in [0, 0.05) is 23.0 Å². The summed E-state index contributed by atoms with van der Waals surface area (Å²) in [5, 5.41) is 3.15. The van der Waals surface area contributed by atoms with Crippen molar-refractivity contribution >= 4 is 37.7 Å². The van der Waals surface area contributed by atoms with E-state index in [2.05, 4.69) is 67.6 Å². The van der Waals surface area contributed by atoms with Crippen molar-refractivity contribution in [2.75, 3.05) is 11.9 Å². The SMILES string of the molecule is C=C(Br)CNc1cc(Br)nc(C(C)C)n1. The first-order valence-corrected chi connectivity index (χ1v) is 6.19. The van der Waals surface area contributed by atoms with E-state index in [0.29, 0.717) is 12.5 Å². The molecule has 0 saturated carbocycles. The molecule has 0 aliphatic rings. The van der Waals surface area contributed by atoms with E-state index < -0.39 is 0 Å². The molecule has 0 saturated heterocycles. The fraction of sp³-hybridized carbons (Fsp3) is 0.400. The fourth-order valence-corrected chi connectivity index (χ4v) is 1.51. The van der Waals surface area contributed by atoms with Gasteiger partial charge in [0.05, 0.1) is 0 Å². The Morgan fingerprint density at radius 3 is 2.73 bits per heavy atom. The van der Waals surface area contributed by atoms with Crippen molar-refractivity contribution in [1.82, 2.24) is 9.97 Å². The van der Waals surface area contributed by atoms with Gasteiger partial charge >= 0.3 is 0 Å². The normalized spacial score (nSPS) is 10.5. The van der Waals surface area contributed by atoms with Crippen LogP contribution in [0.5, 0.6) is 0 Å². The third kappa shape index (κ3) is 4.30. The van der Waals surface area contributed by atoms with E-state index in [1.54, 1.807) is 0 Å². The van der Waals surface area contributed by atoms with Gasteiger partial charge < -0.3 is 5.32 Å². The molecule has 0 radical (unpaired) electrons. The standard InChI is InChI=1S/C10H13Br2N3/c1-6(2)10-14-8(12)4-9(15-10)13-5-7(3)11/h4,6H,3,5H2,1-2H3,(H,13,14,15). The van der Waals surface area contributed by atoms with Crippen molar-refractivity contribution in [3.63, 3.8) is 0 Å². The Kier molecular flexibility index (Phi) is 4.73. The van der Waals surface area contributed by atoms with Crippen LogP contribution in [-0.4, -0.2) is 16.5 Å². The zero-order chi connectivity index (χ0) is 11.4. The van der Waals surface area contributed by atoms with E-state index in [9.17, 15) is 0 Å². The lowest BCUT2D eigenvalue weighted by molar-refractivity contribution is 0.770.